The lowest BCUT2D eigenvalue weighted by Gasteiger charge is -2.38. The minimum absolute atomic E-state index is 0.0359. The highest BCUT2D eigenvalue weighted by atomic mass is 31.2. The van der Waals surface area contributed by atoms with Crippen molar-refractivity contribution in [1.29, 1.82) is 5.26 Å². The molecule has 14 heteroatoms. The summed E-state index contributed by atoms with van der Waals surface area (Å²) in [4.78, 5) is 32.2. The third kappa shape index (κ3) is 7.93. The normalized spacial score (nSPS) is 24.7. The summed E-state index contributed by atoms with van der Waals surface area (Å²) in [6.45, 7) is 9.59. The monoisotopic (exact) mass is 555 g/mol. The van der Waals surface area contributed by atoms with Gasteiger partial charge in [-0.15, -0.1) is 0 Å². The van der Waals surface area contributed by atoms with Gasteiger partial charge in [-0.1, -0.05) is 5.16 Å². The zero-order chi connectivity index (χ0) is 27.7. The Balaban J connectivity index is 1.90. The number of nitrogens with one attached hydrogen (secondary N) is 1. The fourth-order valence-electron chi connectivity index (χ4n) is 4.37. The molecule has 2 saturated heterocycles. The predicted molar refractivity (Wildman–Crippen MR) is 140 cm³/mol. The van der Waals surface area contributed by atoms with Gasteiger partial charge >= 0.3 is 5.69 Å². The van der Waals surface area contributed by atoms with Crippen molar-refractivity contribution in [3.63, 3.8) is 0 Å². The molecular formula is C24H38N5O8P. The van der Waals surface area contributed by atoms with Gasteiger partial charge in [0.05, 0.1) is 38.0 Å². The molecule has 2 aliphatic rings. The van der Waals surface area contributed by atoms with Crippen LogP contribution in [0.4, 0.5) is 0 Å². The molecule has 0 amide bonds. The summed E-state index contributed by atoms with van der Waals surface area (Å²) >= 11 is 0. The van der Waals surface area contributed by atoms with E-state index < -0.39 is 44.3 Å². The number of aromatic amines is 1. The number of nitriles is 1. The second kappa shape index (κ2) is 14.8. The molecule has 0 saturated carbocycles. The first-order chi connectivity index (χ1) is 18.3. The lowest BCUT2D eigenvalue weighted by atomic mass is 10.1. The van der Waals surface area contributed by atoms with E-state index in [1.807, 2.05) is 27.7 Å². The Labute approximate surface area is 223 Å². The van der Waals surface area contributed by atoms with Crippen LogP contribution >= 0.6 is 8.53 Å². The van der Waals surface area contributed by atoms with Crippen LogP contribution in [0.15, 0.2) is 27.0 Å². The third-order valence-corrected chi connectivity index (χ3v) is 8.19. The molecular weight excluding hydrogens is 517 g/mol. The molecule has 1 aromatic heterocycles. The Kier molecular flexibility index (Phi) is 11.9. The molecule has 1 aromatic rings. The molecule has 3 unspecified atom stereocenters. The van der Waals surface area contributed by atoms with Crippen LogP contribution in [0.5, 0.6) is 0 Å². The highest BCUT2D eigenvalue weighted by Crippen LogP contribution is 2.50. The number of oxime groups is 1. The second-order valence-electron chi connectivity index (χ2n) is 9.47. The van der Waals surface area contributed by atoms with Crippen molar-refractivity contribution in [3.8, 4) is 6.07 Å². The maximum absolute atomic E-state index is 12.6. The van der Waals surface area contributed by atoms with Crippen LogP contribution in [-0.4, -0.2) is 83.9 Å². The first-order valence-electron chi connectivity index (χ1n) is 12.8. The number of aromatic nitrogens is 2. The minimum Gasteiger partial charge on any atom is -0.393 e. The van der Waals surface area contributed by atoms with E-state index in [2.05, 4.69) is 20.9 Å². The zero-order valence-electron chi connectivity index (χ0n) is 22.6. The van der Waals surface area contributed by atoms with Crippen LogP contribution in [0.1, 0.15) is 53.2 Å². The first kappa shape index (κ1) is 30.4. The van der Waals surface area contributed by atoms with Crippen molar-refractivity contribution in [3.05, 3.63) is 33.1 Å². The molecule has 0 aliphatic carbocycles. The minimum atomic E-state index is -1.64. The molecule has 2 aliphatic heterocycles. The highest BCUT2D eigenvalue weighted by Gasteiger charge is 2.50. The van der Waals surface area contributed by atoms with Gasteiger partial charge in [-0.25, -0.2) is 9.46 Å². The molecule has 0 aromatic carbocycles. The summed E-state index contributed by atoms with van der Waals surface area (Å²) in [6.07, 6.45) is -0.0828. The number of hydrogen-bond acceptors (Lipinski definition) is 11. The zero-order valence-corrected chi connectivity index (χ0v) is 23.5. The Morgan fingerprint density at radius 1 is 1.24 bits per heavy atom. The SMILES string of the molecule is COC1C(OP(OCCC#N)N(C(C)C)C(C)C)[C@@H](CON=C2CCOCC2)O[C@H]1n1ccc(=O)[nH]c1=O. The van der Waals surface area contributed by atoms with E-state index in [1.54, 1.807) is 0 Å². The predicted octanol–water partition coefficient (Wildman–Crippen LogP) is 2.29. The Morgan fingerprint density at radius 3 is 2.55 bits per heavy atom. The van der Waals surface area contributed by atoms with Gasteiger partial charge in [-0.05, 0) is 27.7 Å². The van der Waals surface area contributed by atoms with E-state index in [0.717, 1.165) is 5.71 Å². The summed E-state index contributed by atoms with van der Waals surface area (Å²) in [5, 5.41) is 13.3. The van der Waals surface area contributed by atoms with Crippen LogP contribution in [0.25, 0.3) is 0 Å². The van der Waals surface area contributed by atoms with Crippen LogP contribution in [0.3, 0.4) is 0 Å². The van der Waals surface area contributed by atoms with E-state index in [4.69, 9.17) is 33.4 Å². The Bertz CT molecular complexity index is 1050. The lowest BCUT2D eigenvalue weighted by Crippen LogP contribution is -2.42. The van der Waals surface area contributed by atoms with Crippen LogP contribution in [0, 0.1) is 11.3 Å². The van der Waals surface area contributed by atoms with Crippen molar-refractivity contribution in [2.75, 3.05) is 33.5 Å². The van der Waals surface area contributed by atoms with Crippen LogP contribution < -0.4 is 11.2 Å². The van der Waals surface area contributed by atoms with Crippen molar-refractivity contribution in [1.82, 2.24) is 14.2 Å². The smallest absolute Gasteiger partial charge is 0.330 e. The molecule has 0 spiro atoms. The Hall–Kier alpha value is -2.17. The van der Waals surface area contributed by atoms with Crippen molar-refractivity contribution in [2.45, 2.75) is 83.6 Å². The van der Waals surface area contributed by atoms with Crippen molar-refractivity contribution in [2.24, 2.45) is 5.16 Å². The lowest BCUT2D eigenvalue weighted by molar-refractivity contribution is -0.0718. The summed E-state index contributed by atoms with van der Waals surface area (Å²) < 4.78 is 33.5. The summed E-state index contributed by atoms with van der Waals surface area (Å²) in [5.74, 6) is 0. The quantitative estimate of drug-likeness (QED) is 0.218. The van der Waals surface area contributed by atoms with Gasteiger partial charge in [0.25, 0.3) is 14.1 Å². The fraction of sp³-hybridized carbons (Fsp3) is 0.750. The largest absolute Gasteiger partial charge is 0.393 e. The molecule has 3 rings (SSSR count). The molecule has 212 valence electrons. The van der Waals surface area contributed by atoms with E-state index in [-0.39, 0.29) is 31.7 Å². The van der Waals surface area contributed by atoms with Gasteiger partial charge in [-0.2, -0.15) is 5.26 Å². The van der Waals surface area contributed by atoms with Crippen molar-refractivity contribution < 1.29 is 28.1 Å². The number of hydrogen-bond donors (Lipinski definition) is 1. The maximum Gasteiger partial charge on any atom is 0.330 e. The van der Waals surface area contributed by atoms with E-state index in [0.29, 0.717) is 26.1 Å². The molecule has 1 N–H and O–H groups in total. The van der Waals surface area contributed by atoms with Gasteiger partial charge in [-0.3, -0.25) is 14.3 Å². The molecule has 13 nitrogen and oxygen atoms in total. The van der Waals surface area contributed by atoms with Crippen LogP contribution in [0.2, 0.25) is 0 Å². The number of nitrogens with zero attached hydrogens (tertiary/aromatic N) is 4. The van der Waals surface area contributed by atoms with Gasteiger partial charge in [0.1, 0.15) is 24.9 Å². The van der Waals surface area contributed by atoms with E-state index in [1.165, 1.54) is 23.9 Å². The van der Waals surface area contributed by atoms with Gasteiger partial charge in [0.15, 0.2) is 6.23 Å². The average molecular weight is 556 g/mol. The van der Waals surface area contributed by atoms with Gasteiger partial charge < -0.3 is 28.1 Å². The molecule has 3 heterocycles. The highest BCUT2D eigenvalue weighted by molar-refractivity contribution is 7.44. The topological polar surface area (TPSA) is 150 Å². The second-order valence-corrected chi connectivity index (χ2v) is 10.9. The third-order valence-electron chi connectivity index (χ3n) is 6.06. The first-order valence-corrected chi connectivity index (χ1v) is 13.9. The molecule has 38 heavy (non-hydrogen) atoms. The molecule has 5 atom stereocenters. The van der Waals surface area contributed by atoms with Crippen molar-refractivity contribution >= 4 is 14.2 Å². The summed E-state index contributed by atoms with van der Waals surface area (Å²) in [7, 11) is -0.142. The number of rotatable bonds is 13. The number of ether oxygens (including phenoxy) is 3. The number of H-pyrrole nitrogens is 1. The van der Waals surface area contributed by atoms with E-state index >= 15 is 0 Å². The average Bonchev–Trinajstić information content (AvgIpc) is 3.21. The van der Waals surface area contributed by atoms with Crippen LogP contribution in [-0.2, 0) is 28.1 Å². The fourth-order valence-corrected chi connectivity index (χ4v) is 6.14. The summed E-state index contributed by atoms with van der Waals surface area (Å²) in [5.41, 5.74) is -0.251. The van der Waals surface area contributed by atoms with Gasteiger partial charge in [0, 0.05) is 44.3 Å². The Morgan fingerprint density at radius 2 is 1.95 bits per heavy atom. The van der Waals surface area contributed by atoms with E-state index in [9.17, 15) is 9.59 Å². The molecule has 2 fully saturated rings. The van der Waals surface area contributed by atoms with Gasteiger partial charge in [0.2, 0.25) is 0 Å². The summed E-state index contributed by atoms with van der Waals surface area (Å²) in [6, 6.07) is 3.50. The molecule has 0 radical (unpaired) electrons. The standard InChI is InChI=1S/C24H38N5O8P/c1-16(2)29(17(3)4)38(35-12-6-10-25)37-21-19(15-34-27-18-8-13-33-14-9-18)36-23(22(21)32-5)28-11-7-20(30)26-24(28)31/h7,11,16-17,19,21-23H,6,8-9,12-15H2,1-5H3,(H,26,30,31)/t19-,21?,22?,23-,38?/m1/s1. The molecule has 0 bridgehead atoms. The number of methoxy groups -OCH3 is 1. The maximum atomic E-state index is 12.6.